The van der Waals surface area contributed by atoms with E-state index < -0.39 is 23.9 Å². The smallest absolute Gasteiger partial charge is 0.338 e. The number of urea groups is 1. The van der Waals surface area contributed by atoms with Gasteiger partial charge in [0.1, 0.15) is 0 Å². The fraction of sp³-hybridized carbons (Fsp3) is 0.211. The van der Waals surface area contributed by atoms with Crippen molar-refractivity contribution in [3.8, 4) is 0 Å². The minimum absolute atomic E-state index is 0.140. The lowest BCUT2D eigenvalue weighted by atomic mass is 10.2. The van der Waals surface area contributed by atoms with Crippen LogP contribution in [0.1, 0.15) is 12.5 Å². The van der Waals surface area contributed by atoms with Gasteiger partial charge in [-0.15, -0.1) is 0 Å². The van der Waals surface area contributed by atoms with E-state index in [4.69, 9.17) is 4.74 Å². The Labute approximate surface area is 145 Å². The molecule has 0 radical (unpaired) electrons. The molecule has 0 aromatic heterocycles. The molecule has 6 heteroatoms. The molecule has 1 aliphatic heterocycles. The van der Waals surface area contributed by atoms with Crippen LogP contribution in [0.4, 0.5) is 10.5 Å². The topological polar surface area (TPSA) is 66.9 Å². The molecule has 0 N–H and O–H groups in total. The standard InChI is InChI=1S/C19H18N2O4/c1-2-25-18(23)16-17(22)21(15-11-7-4-8-12-15)19(24)20(16)13-14-9-5-3-6-10-14/h3-12,16H,2,13H2,1H3. The molecule has 2 aromatic rings. The van der Waals surface area contributed by atoms with E-state index in [1.165, 1.54) is 4.90 Å². The maximum atomic E-state index is 12.9. The third-order valence-corrected chi connectivity index (χ3v) is 3.92. The van der Waals surface area contributed by atoms with Gasteiger partial charge in [-0.1, -0.05) is 48.5 Å². The van der Waals surface area contributed by atoms with Crippen molar-refractivity contribution in [3.05, 3.63) is 66.2 Å². The highest BCUT2D eigenvalue weighted by Crippen LogP contribution is 2.27. The average Bonchev–Trinajstić information content (AvgIpc) is 2.87. The SMILES string of the molecule is CCOC(=O)C1C(=O)N(c2ccccc2)C(=O)N1Cc1ccccc1. The second-order valence-electron chi connectivity index (χ2n) is 5.56. The first-order chi connectivity index (χ1) is 12.1. The van der Waals surface area contributed by atoms with Crippen LogP contribution in [0.25, 0.3) is 0 Å². The molecule has 25 heavy (non-hydrogen) atoms. The van der Waals surface area contributed by atoms with Crippen LogP contribution in [-0.4, -0.2) is 35.5 Å². The van der Waals surface area contributed by atoms with Crippen molar-refractivity contribution in [2.45, 2.75) is 19.5 Å². The van der Waals surface area contributed by atoms with Crippen LogP contribution in [0.3, 0.4) is 0 Å². The number of hydrogen-bond donors (Lipinski definition) is 0. The van der Waals surface area contributed by atoms with Gasteiger partial charge in [-0.2, -0.15) is 0 Å². The van der Waals surface area contributed by atoms with E-state index >= 15 is 0 Å². The zero-order valence-electron chi connectivity index (χ0n) is 13.8. The second kappa shape index (κ2) is 7.17. The van der Waals surface area contributed by atoms with E-state index in [0.717, 1.165) is 10.5 Å². The Kier molecular flexibility index (Phi) is 4.79. The number of carbonyl (C=O) groups excluding carboxylic acids is 3. The first kappa shape index (κ1) is 16.7. The van der Waals surface area contributed by atoms with Gasteiger partial charge in [0.2, 0.25) is 6.04 Å². The summed E-state index contributed by atoms with van der Waals surface area (Å²) in [7, 11) is 0. The molecule has 3 amide bonds. The van der Waals surface area contributed by atoms with Crippen LogP contribution >= 0.6 is 0 Å². The molecular formula is C19H18N2O4. The maximum absolute atomic E-state index is 12.9. The van der Waals surface area contributed by atoms with Gasteiger partial charge in [0.05, 0.1) is 12.3 Å². The molecule has 6 nitrogen and oxygen atoms in total. The van der Waals surface area contributed by atoms with E-state index in [2.05, 4.69) is 0 Å². The number of benzene rings is 2. The first-order valence-electron chi connectivity index (χ1n) is 8.03. The zero-order valence-corrected chi connectivity index (χ0v) is 13.8. The predicted molar refractivity (Wildman–Crippen MR) is 91.7 cm³/mol. The van der Waals surface area contributed by atoms with Crippen LogP contribution in [0.5, 0.6) is 0 Å². The molecule has 128 valence electrons. The van der Waals surface area contributed by atoms with Crippen molar-refractivity contribution in [2.75, 3.05) is 11.5 Å². The molecular weight excluding hydrogens is 320 g/mol. The largest absolute Gasteiger partial charge is 0.464 e. The average molecular weight is 338 g/mol. The van der Waals surface area contributed by atoms with Crippen molar-refractivity contribution in [1.82, 2.24) is 4.90 Å². The van der Waals surface area contributed by atoms with Crippen LogP contribution < -0.4 is 4.90 Å². The number of imide groups is 1. The molecule has 0 spiro atoms. The van der Waals surface area contributed by atoms with Gasteiger partial charge in [-0.3, -0.25) is 9.69 Å². The molecule has 1 unspecified atom stereocenters. The Morgan fingerprint density at radius 2 is 1.60 bits per heavy atom. The predicted octanol–water partition coefficient (Wildman–Crippen LogP) is 2.59. The summed E-state index contributed by atoms with van der Waals surface area (Å²) < 4.78 is 5.02. The molecule has 1 atom stereocenters. The van der Waals surface area contributed by atoms with Crippen molar-refractivity contribution < 1.29 is 19.1 Å². The molecule has 3 rings (SSSR count). The summed E-state index contributed by atoms with van der Waals surface area (Å²) in [5, 5.41) is 0. The number of amides is 3. The third-order valence-electron chi connectivity index (χ3n) is 3.92. The molecule has 0 aliphatic carbocycles. The summed E-state index contributed by atoms with van der Waals surface area (Å²) in [4.78, 5) is 40.3. The monoisotopic (exact) mass is 338 g/mol. The maximum Gasteiger partial charge on any atom is 0.338 e. The highest BCUT2D eigenvalue weighted by atomic mass is 16.5. The van der Waals surface area contributed by atoms with Crippen molar-refractivity contribution in [1.29, 1.82) is 0 Å². The fourth-order valence-electron chi connectivity index (χ4n) is 2.79. The summed E-state index contributed by atoms with van der Waals surface area (Å²) in [5.74, 6) is -1.30. The summed E-state index contributed by atoms with van der Waals surface area (Å²) in [5.41, 5.74) is 1.26. The minimum Gasteiger partial charge on any atom is -0.464 e. The number of esters is 1. The van der Waals surface area contributed by atoms with Gasteiger partial charge in [-0.05, 0) is 24.6 Å². The van der Waals surface area contributed by atoms with Crippen LogP contribution in [-0.2, 0) is 20.9 Å². The van der Waals surface area contributed by atoms with E-state index in [9.17, 15) is 14.4 Å². The summed E-state index contributed by atoms with van der Waals surface area (Å²) in [6.07, 6.45) is 0. The molecule has 1 fully saturated rings. The van der Waals surface area contributed by atoms with Gasteiger partial charge < -0.3 is 4.74 Å². The molecule has 1 saturated heterocycles. The minimum atomic E-state index is -1.27. The third kappa shape index (κ3) is 3.24. The van der Waals surface area contributed by atoms with Gasteiger partial charge in [0.25, 0.3) is 5.91 Å². The first-order valence-corrected chi connectivity index (χ1v) is 8.03. The van der Waals surface area contributed by atoms with Gasteiger partial charge in [0, 0.05) is 6.54 Å². The summed E-state index contributed by atoms with van der Waals surface area (Å²) in [6.45, 7) is 1.95. The highest BCUT2D eigenvalue weighted by Gasteiger charge is 2.50. The number of ether oxygens (including phenoxy) is 1. The van der Waals surface area contributed by atoms with Crippen molar-refractivity contribution in [3.63, 3.8) is 0 Å². The van der Waals surface area contributed by atoms with Crippen LogP contribution in [0.2, 0.25) is 0 Å². The van der Waals surface area contributed by atoms with Crippen molar-refractivity contribution in [2.24, 2.45) is 0 Å². The van der Waals surface area contributed by atoms with Gasteiger partial charge in [0.15, 0.2) is 0 Å². The zero-order chi connectivity index (χ0) is 17.8. The lowest BCUT2D eigenvalue weighted by molar-refractivity contribution is -0.150. The molecule has 2 aromatic carbocycles. The van der Waals surface area contributed by atoms with E-state index in [-0.39, 0.29) is 13.2 Å². The van der Waals surface area contributed by atoms with Crippen LogP contribution in [0, 0.1) is 0 Å². The van der Waals surface area contributed by atoms with Crippen LogP contribution in [0.15, 0.2) is 60.7 Å². The molecule has 1 aliphatic rings. The number of anilines is 1. The number of nitrogens with zero attached hydrogens (tertiary/aromatic N) is 2. The lowest BCUT2D eigenvalue weighted by Crippen LogP contribution is -2.42. The van der Waals surface area contributed by atoms with Gasteiger partial charge in [-0.25, -0.2) is 14.5 Å². The highest BCUT2D eigenvalue weighted by molar-refractivity contribution is 6.27. The molecule has 1 heterocycles. The second-order valence-corrected chi connectivity index (χ2v) is 5.56. The van der Waals surface area contributed by atoms with E-state index in [1.54, 1.807) is 37.3 Å². The Morgan fingerprint density at radius 3 is 2.20 bits per heavy atom. The Hall–Kier alpha value is -3.15. The normalized spacial score (nSPS) is 17.1. The fourth-order valence-corrected chi connectivity index (χ4v) is 2.79. The Bertz CT molecular complexity index is 777. The Balaban J connectivity index is 1.96. The number of para-hydroxylation sites is 1. The number of hydrogen-bond acceptors (Lipinski definition) is 4. The number of rotatable bonds is 5. The Morgan fingerprint density at radius 1 is 1.00 bits per heavy atom. The molecule has 0 bridgehead atoms. The van der Waals surface area contributed by atoms with E-state index in [0.29, 0.717) is 5.69 Å². The number of carbonyl (C=O) groups is 3. The summed E-state index contributed by atoms with van der Waals surface area (Å²) >= 11 is 0. The van der Waals surface area contributed by atoms with Gasteiger partial charge >= 0.3 is 12.0 Å². The lowest BCUT2D eigenvalue weighted by Gasteiger charge is -2.20. The molecule has 0 saturated carbocycles. The van der Waals surface area contributed by atoms with Crippen molar-refractivity contribution >= 4 is 23.6 Å². The quantitative estimate of drug-likeness (QED) is 0.477. The summed E-state index contributed by atoms with van der Waals surface area (Å²) in [6, 6.07) is 16.0. The van der Waals surface area contributed by atoms with E-state index in [1.807, 2.05) is 30.3 Å².